The molecule has 10 nitrogen and oxygen atoms in total. The third-order valence-electron chi connectivity index (χ3n) is 11.2. The molecule has 0 radical (unpaired) electrons. The first-order valence-electron chi connectivity index (χ1n) is 25.9. The summed E-state index contributed by atoms with van der Waals surface area (Å²) in [6, 6.07) is 0. The zero-order chi connectivity index (χ0) is 45.4. The quantitative estimate of drug-likeness (QED) is 0.0460. The average molecular weight is 879 g/mol. The van der Waals surface area contributed by atoms with E-state index in [1.165, 1.54) is 141 Å². The summed E-state index contributed by atoms with van der Waals surface area (Å²) >= 11 is 0. The summed E-state index contributed by atoms with van der Waals surface area (Å²) in [5.74, 6) is 0. The van der Waals surface area contributed by atoms with E-state index in [1.54, 1.807) is 0 Å². The Bertz CT molecular complexity index is 932. The van der Waals surface area contributed by atoms with E-state index < -0.39 is 24.4 Å². The number of amides is 2. The molecule has 0 saturated carbocycles. The Hall–Kier alpha value is -2.14. The van der Waals surface area contributed by atoms with Crippen molar-refractivity contribution in [2.45, 2.75) is 219 Å². The van der Waals surface area contributed by atoms with Gasteiger partial charge < -0.3 is 39.4 Å². The Labute approximate surface area is 383 Å². The van der Waals surface area contributed by atoms with Crippen molar-refractivity contribution >= 4 is 12.2 Å². The maximum Gasteiger partial charge on any atom is 0.407 e. The number of hydrogen-bond acceptors (Lipinski definition) is 8. The molecule has 0 rings (SSSR count). The van der Waals surface area contributed by atoms with Gasteiger partial charge in [0.2, 0.25) is 0 Å². The van der Waals surface area contributed by atoms with Crippen LogP contribution in [0, 0.1) is 0 Å². The zero-order valence-electron chi connectivity index (χ0n) is 41.7. The molecule has 0 heterocycles. The molecule has 0 aliphatic carbocycles. The SMILES string of the molecule is CCCCCCC/C=C\CCCCCCCCOCC(OC(=O)NCCCCN(C)C)C(COCCCCCCCC/C=C\CCCCCCC)OC(=O)NCCCCN(C)C. The highest BCUT2D eigenvalue weighted by molar-refractivity contribution is 5.68. The lowest BCUT2D eigenvalue weighted by atomic mass is 10.1. The lowest BCUT2D eigenvalue weighted by molar-refractivity contribution is -0.0798. The second-order valence-corrected chi connectivity index (χ2v) is 18.1. The van der Waals surface area contributed by atoms with E-state index in [0.29, 0.717) is 26.3 Å². The maximum absolute atomic E-state index is 13.0. The van der Waals surface area contributed by atoms with Crippen LogP contribution in [-0.2, 0) is 18.9 Å². The Morgan fingerprint density at radius 3 is 1.05 bits per heavy atom. The van der Waals surface area contributed by atoms with Crippen molar-refractivity contribution in [3.05, 3.63) is 24.3 Å². The minimum Gasteiger partial charge on any atom is -0.440 e. The summed E-state index contributed by atoms with van der Waals surface area (Å²) in [7, 11) is 8.18. The lowest BCUT2D eigenvalue weighted by Gasteiger charge is -2.27. The van der Waals surface area contributed by atoms with E-state index in [1.807, 2.05) is 28.2 Å². The van der Waals surface area contributed by atoms with Crippen LogP contribution in [0.25, 0.3) is 0 Å². The fourth-order valence-electron chi connectivity index (χ4n) is 7.23. The second kappa shape index (κ2) is 48.3. The number of nitrogens with one attached hydrogen (secondary N) is 2. The van der Waals surface area contributed by atoms with Gasteiger partial charge in [0.1, 0.15) is 0 Å². The van der Waals surface area contributed by atoms with Crippen LogP contribution in [-0.4, -0.2) is 115 Å². The molecule has 62 heavy (non-hydrogen) atoms. The van der Waals surface area contributed by atoms with Crippen LogP contribution in [0.5, 0.6) is 0 Å². The molecular formula is C52H102N4O6. The number of nitrogens with zero attached hydrogens (tertiary/aromatic N) is 2. The molecule has 2 amide bonds. The molecule has 366 valence electrons. The second-order valence-electron chi connectivity index (χ2n) is 18.1. The van der Waals surface area contributed by atoms with Gasteiger partial charge in [-0.05, 0) is 131 Å². The molecule has 0 aromatic heterocycles. The van der Waals surface area contributed by atoms with E-state index in [2.05, 4.69) is 58.6 Å². The minimum absolute atomic E-state index is 0.136. The molecule has 0 aromatic rings. The van der Waals surface area contributed by atoms with Crippen molar-refractivity contribution in [2.24, 2.45) is 0 Å². The van der Waals surface area contributed by atoms with Gasteiger partial charge >= 0.3 is 12.2 Å². The van der Waals surface area contributed by atoms with Gasteiger partial charge in [0, 0.05) is 26.3 Å². The molecule has 0 aliphatic rings. The number of unbranched alkanes of at least 4 members (excludes halogenated alkanes) is 24. The monoisotopic (exact) mass is 879 g/mol. The standard InChI is InChI=1S/C52H102N4O6/c1-7-9-11-13-15-17-19-21-23-25-27-29-31-33-39-45-59-47-49(61-51(57)53-41-35-37-43-55(3)4)50(62-52(58)54-42-36-38-44-56(5)6)48-60-46-40-34-32-30-28-26-24-22-20-18-16-14-12-10-8-2/h19-22,49-50H,7-18,23-48H2,1-6H3,(H,53,57)(H,54,58)/b21-19-,22-20-. The minimum atomic E-state index is -0.796. The molecule has 0 spiro atoms. The van der Waals surface area contributed by atoms with Crippen LogP contribution < -0.4 is 10.6 Å². The Kier molecular flexibility index (Phi) is 46.7. The normalized spacial score (nSPS) is 12.8. The largest absolute Gasteiger partial charge is 0.440 e. The molecule has 0 bridgehead atoms. The first-order chi connectivity index (χ1) is 30.3. The smallest absolute Gasteiger partial charge is 0.407 e. The van der Waals surface area contributed by atoms with Gasteiger partial charge in [-0.2, -0.15) is 0 Å². The summed E-state index contributed by atoms with van der Waals surface area (Å²) in [6.07, 6.45) is 42.7. The Morgan fingerprint density at radius 1 is 0.419 bits per heavy atom. The van der Waals surface area contributed by atoms with E-state index in [0.717, 1.165) is 64.5 Å². The number of hydrogen-bond donors (Lipinski definition) is 2. The molecule has 2 unspecified atom stereocenters. The Morgan fingerprint density at radius 2 is 0.726 bits per heavy atom. The molecule has 2 atom stereocenters. The van der Waals surface area contributed by atoms with Crippen LogP contribution in [0.15, 0.2) is 24.3 Å². The van der Waals surface area contributed by atoms with E-state index in [9.17, 15) is 9.59 Å². The maximum atomic E-state index is 13.0. The van der Waals surface area contributed by atoms with Crippen molar-refractivity contribution in [3.63, 3.8) is 0 Å². The van der Waals surface area contributed by atoms with Gasteiger partial charge in [0.25, 0.3) is 0 Å². The van der Waals surface area contributed by atoms with Crippen molar-refractivity contribution in [2.75, 3.05) is 80.8 Å². The first kappa shape index (κ1) is 59.9. The predicted molar refractivity (Wildman–Crippen MR) is 263 cm³/mol. The van der Waals surface area contributed by atoms with Gasteiger partial charge in [-0.3, -0.25) is 0 Å². The fraction of sp³-hybridized carbons (Fsp3) is 0.885. The molecule has 0 saturated heterocycles. The number of rotatable bonds is 47. The Balaban J connectivity index is 4.95. The van der Waals surface area contributed by atoms with E-state index >= 15 is 0 Å². The molecule has 0 aromatic carbocycles. The van der Waals surface area contributed by atoms with Crippen LogP contribution in [0.1, 0.15) is 206 Å². The first-order valence-corrected chi connectivity index (χ1v) is 25.9. The van der Waals surface area contributed by atoms with Gasteiger partial charge in [-0.1, -0.05) is 141 Å². The number of ether oxygens (including phenoxy) is 4. The third kappa shape index (κ3) is 45.9. The highest BCUT2D eigenvalue weighted by Crippen LogP contribution is 2.14. The summed E-state index contributed by atoms with van der Waals surface area (Å²) in [4.78, 5) is 30.4. The van der Waals surface area contributed by atoms with Gasteiger partial charge in [-0.15, -0.1) is 0 Å². The topological polar surface area (TPSA) is 102 Å². The lowest BCUT2D eigenvalue weighted by Crippen LogP contribution is -2.45. The van der Waals surface area contributed by atoms with E-state index in [4.69, 9.17) is 18.9 Å². The molecule has 0 aliphatic heterocycles. The van der Waals surface area contributed by atoms with Crippen molar-refractivity contribution in [3.8, 4) is 0 Å². The summed E-state index contributed by atoms with van der Waals surface area (Å²) in [6.45, 7) is 8.88. The van der Waals surface area contributed by atoms with Crippen LogP contribution in [0.2, 0.25) is 0 Å². The highest BCUT2D eigenvalue weighted by atomic mass is 16.6. The molecule has 10 heteroatoms. The van der Waals surface area contributed by atoms with Gasteiger partial charge in [0.15, 0.2) is 12.2 Å². The predicted octanol–water partition coefficient (Wildman–Crippen LogP) is 13.2. The van der Waals surface area contributed by atoms with Crippen LogP contribution >= 0.6 is 0 Å². The number of carbonyl (C=O) groups excluding carboxylic acids is 2. The number of alkyl carbamates (subject to hydrolysis) is 2. The zero-order valence-corrected chi connectivity index (χ0v) is 41.7. The number of allylic oxidation sites excluding steroid dienone is 4. The van der Waals surface area contributed by atoms with Gasteiger partial charge in [-0.25, -0.2) is 9.59 Å². The fourth-order valence-corrected chi connectivity index (χ4v) is 7.23. The molecular weight excluding hydrogens is 777 g/mol. The summed E-state index contributed by atoms with van der Waals surface area (Å²) < 4.78 is 24.1. The van der Waals surface area contributed by atoms with Gasteiger partial charge in [0.05, 0.1) is 13.2 Å². The van der Waals surface area contributed by atoms with Crippen LogP contribution in [0.3, 0.4) is 0 Å². The molecule has 0 fully saturated rings. The summed E-state index contributed by atoms with van der Waals surface area (Å²) in [5, 5.41) is 5.78. The van der Waals surface area contributed by atoms with Crippen molar-refractivity contribution in [1.29, 1.82) is 0 Å². The summed E-state index contributed by atoms with van der Waals surface area (Å²) in [5.41, 5.74) is 0. The average Bonchev–Trinajstić information content (AvgIpc) is 3.24. The van der Waals surface area contributed by atoms with Crippen LogP contribution in [0.4, 0.5) is 9.59 Å². The highest BCUT2D eigenvalue weighted by Gasteiger charge is 2.30. The van der Waals surface area contributed by atoms with E-state index in [-0.39, 0.29) is 13.2 Å². The molecule has 2 N–H and O–H groups in total. The number of carbonyl (C=O) groups is 2. The third-order valence-corrected chi connectivity index (χ3v) is 11.2. The van der Waals surface area contributed by atoms with Crippen molar-refractivity contribution < 1.29 is 28.5 Å². The van der Waals surface area contributed by atoms with Crippen molar-refractivity contribution in [1.82, 2.24) is 20.4 Å².